The molecule has 0 radical (unpaired) electrons. The van der Waals surface area contributed by atoms with Crippen molar-refractivity contribution >= 4 is 11.0 Å². The third kappa shape index (κ3) is 2.65. The van der Waals surface area contributed by atoms with Crippen LogP contribution in [0.25, 0.3) is 11.0 Å². The first-order chi connectivity index (χ1) is 8.93. The van der Waals surface area contributed by atoms with Gasteiger partial charge < -0.3 is 15.2 Å². The Morgan fingerprint density at radius 3 is 2.47 bits per heavy atom. The molecule has 1 heterocycles. The van der Waals surface area contributed by atoms with E-state index in [1.807, 2.05) is 0 Å². The predicted octanol–water partition coefficient (Wildman–Crippen LogP) is 2.23. The van der Waals surface area contributed by atoms with E-state index in [1.54, 1.807) is 0 Å². The Kier molecular flexibility index (Phi) is 3.92. The van der Waals surface area contributed by atoms with E-state index in [-0.39, 0.29) is 6.04 Å². The van der Waals surface area contributed by atoms with Crippen molar-refractivity contribution in [3.8, 4) is 0 Å². The number of aromatic nitrogens is 2. The maximum Gasteiger partial charge on any atom is 0.124 e. The standard InChI is InChI=1S/C15H24N4/c1-10-6-13-14(7-11(10)2)19(12(3)8-16)15(17-13)9-18(4)5/h6-7,12H,8-9,16H2,1-5H3. The fourth-order valence-electron chi connectivity index (χ4n) is 2.39. The monoisotopic (exact) mass is 260 g/mol. The molecule has 0 aliphatic heterocycles. The van der Waals surface area contributed by atoms with Gasteiger partial charge in [0.05, 0.1) is 17.6 Å². The van der Waals surface area contributed by atoms with Gasteiger partial charge in [0.15, 0.2) is 0 Å². The van der Waals surface area contributed by atoms with Crippen LogP contribution in [0.2, 0.25) is 0 Å². The second-order valence-corrected chi connectivity index (χ2v) is 5.65. The Balaban J connectivity index is 2.66. The highest BCUT2D eigenvalue weighted by Gasteiger charge is 2.16. The molecule has 2 aromatic rings. The molecule has 0 bridgehead atoms. The van der Waals surface area contributed by atoms with Crippen LogP contribution >= 0.6 is 0 Å². The fourth-order valence-corrected chi connectivity index (χ4v) is 2.39. The van der Waals surface area contributed by atoms with Crippen LogP contribution in [0.1, 0.15) is 29.9 Å². The number of imidazole rings is 1. The number of nitrogens with zero attached hydrogens (tertiary/aromatic N) is 3. The second-order valence-electron chi connectivity index (χ2n) is 5.65. The molecular formula is C15H24N4. The molecule has 0 aliphatic carbocycles. The molecule has 0 saturated heterocycles. The van der Waals surface area contributed by atoms with Gasteiger partial charge in [-0.3, -0.25) is 0 Å². The molecule has 1 aromatic heterocycles. The molecule has 4 heteroatoms. The van der Waals surface area contributed by atoms with Crippen molar-refractivity contribution in [3.05, 3.63) is 29.1 Å². The van der Waals surface area contributed by atoms with Gasteiger partial charge in [-0.2, -0.15) is 0 Å². The molecule has 1 aromatic carbocycles. The quantitative estimate of drug-likeness (QED) is 0.917. The average Bonchev–Trinajstić information content (AvgIpc) is 2.65. The number of hydrogen-bond acceptors (Lipinski definition) is 3. The first kappa shape index (κ1) is 14.0. The van der Waals surface area contributed by atoms with Gasteiger partial charge in [0.2, 0.25) is 0 Å². The summed E-state index contributed by atoms with van der Waals surface area (Å²) in [6.07, 6.45) is 0. The lowest BCUT2D eigenvalue weighted by Gasteiger charge is -2.18. The normalized spacial score (nSPS) is 13.4. The van der Waals surface area contributed by atoms with Gasteiger partial charge >= 0.3 is 0 Å². The lowest BCUT2D eigenvalue weighted by molar-refractivity contribution is 0.374. The number of aryl methyl sites for hydroxylation is 2. The van der Waals surface area contributed by atoms with E-state index in [9.17, 15) is 0 Å². The summed E-state index contributed by atoms with van der Waals surface area (Å²) in [4.78, 5) is 6.93. The second kappa shape index (κ2) is 5.31. The smallest absolute Gasteiger partial charge is 0.124 e. The molecular weight excluding hydrogens is 236 g/mol. The zero-order chi connectivity index (χ0) is 14.2. The molecule has 19 heavy (non-hydrogen) atoms. The van der Waals surface area contributed by atoms with Crippen LogP contribution in [0.4, 0.5) is 0 Å². The summed E-state index contributed by atoms with van der Waals surface area (Å²) in [6.45, 7) is 7.88. The van der Waals surface area contributed by atoms with Crippen molar-refractivity contribution in [2.24, 2.45) is 5.73 Å². The molecule has 104 valence electrons. The van der Waals surface area contributed by atoms with Crippen molar-refractivity contribution in [1.29, 1.82) is 0 Å². The van der Waals surface area contributed by atoms with Crippen molar-refractivity contribution < 1.29 is 0 Å². The number of benzene rings is 1. The number of rotatable bonds is 4. The lowest BCUT2D eigenvalue weighted by Crippen LogP contribution is -2.21. The van der Waals surface area contributed by atoms with Crippen LogP contribution in [-0.4, -0.2) is 35.1 Å². The Morgan fingerprint density at radius 1 is 1.26 bits per heavy atom. The van der Waals surface area contributed by atoms with Crippen LogP contribution < -0.4 is 5.73 Å². The average molecular weight is 260 g/mol. The van der Waals surface area contributed by atoms with Gasteiger partial charge in [0.1, 0.15) is 5.82 Å². The van der Waals surface area contributed by atoms with Crippen LogP contribution in [-0.2, 0) is 6.54 Å². The summed E-state index contributed by atoms with van der Waals surface area (Å²) in [7, 11) is 4.13. The van der Waals surface area contributed by atoms with Crippen LogP contribution in [0.5, 0.6) is 0 Å². The summed E-state index contributed by atoms with van der Waals surface area (Å²) in [5.41, 5.74) is 10.7. The number of nitrogens with two attached hydrogens (primary N) is 1. The predicted molar refractivity (Wildman–Crippen MR) is 80.4 cm³/mol. The topological polar surface area (TPSA) is 47.1 Å². The first-order valence-electron chi connectivity index (χ1n) is 6.77. The molecule has 1 unspecified atom stereocenters. The Labute approximate surface area is 115 Å². The minimum absolute atomic E-state index is 0.266. The molecule has 4 nitrogen and oxygen atoms in total. The van der Waals surface area contributed by atoms with E-state index in [2.05, 4.69) is 56.5 Å². The minimum Gasteiger partial charge on any atom is -0.328 e. The summed E-state index contributed by atoms with van der Waals surface area (Å²) in [5, 5.41) is 0. The molecule has 0 fully saturated rings. The van der Waals surface area contributed by atoms with E-state index in [4.69, 9.17) is 10.7 Å². The van der Waals surface area contributed by atoms with Crippen LogP contribution in [0.3, 0.4) is 0 Å². The third-order valence-electron chi connectivity index (χ3n) is 3.62. The molecule has 0 spiro atoms. The third-order valence-corrected chi connectivity index (χ3v) is 3.62. The van der Waals surface area contributed by atoms with E-state index < -0.39 is 0 Å². The molecule has 0 aliphatic rings. The van der Waals surface area contributed by atoms with Gasteiger partial charge in [0.25, 0.3) is 0 Å². The first-order valence-corrected chi connectivity index (χ1v) is 6.77. The van der Waals surface area contributed by atoms with E-state index in [0.29, 0.717) is 6.54 Å². The van der Waals surface area contributed by atoms with Gasteiger partial charge in [-0.15, -0.1) is 0 Å². The van der Waals surface area contributed by atoms with Gasteiger partial charge in [0, 0.05) is 12.6 Å². The Morgan fingerprint density at radius 2 is 1.89 bits per heavy atom. The van der Waals surface area contributed by atoms with Crippen molar-refractivity contribution in [2.45, 2.75) is 33.4 Å². The lowest BCUT2D eigenvalue weighted by atomic mass is 10.1. The maximum absolute atomic E-state index is 5.86. The maximum atomic E-state index is 5.86. The highest BCUT2D eigenvalue weighted by Crippen LogP contribution is 2.24. The zero-order valence-electron chi connectivity index (χ0n) is 12.6. The number of hydrogen-bond donors (Lipinski definition) is 1. The van der Waals surface area contributed by atoms with Crippen LogP contribution in [0.15, 0.2) is 12.1 Å². The van der Waals surface area contributed by atoms with Crippen molar-refractivity contribution in [2.75, 3.05) is 20.6 Å². The molecule has 0 amide bonds. The van der Waals surface area contributed by atoms with Crippen molar-refractivity contribution in [1.82, 2.24) is 14.5 Å². The van der Waals surface area contributed by atoms with E-state index in [1.165, 1.54) is 16.6 Å². The Hall–Kier alpha value is -1.39. The highest BCUT2D eigenvalue weighted by molar-refractivity contribution is 5.78. The molecule has 2 N–H and O–H groups in total. The zero-order valence-corrected chi connectivity index (χ0v) is 12.6. The van der Waals surface area contributed by atoms with Gasteiger partial charge in [-0.1, -0.05) is 0 Å². The van der Waals surface area contributed by atoms with E-state index in [0.717, 1.165) is 17.9 Å². The summed E-state index contributed by atoms with van der Waals surface area (Å²) >= 11 is 0. The fraction of sp³-hybridized carbons (Fsp3) is 0.533. The SMILES string of the molecule is Cc1cc2nc(CN(C)C)n(C(C)CN)c2cc1C. The van der Waals surface area contributed by atoms with E-state index >= 15 is 0 Å². The van der Waals surface area contributed by atoms with Crippen LogP contribution in [0, 0.1) is 13.8 Å². The Bertz CT molecular complexity index is 583. The molecule has 1 atom stereocenters. The molecule has 0 saturated carbocycles. The minimum atomic E-state index is 0.266. The summed E-state index contributed by atoms with van der Waals surface area (Å²) in [5.74, 6) is 1.09. The largest absolute Gasteiger partial charge is 0.328 e. The summed E-state index contributed by atoms with van der Waals surface area (Å²) < 4.78 is 2.28. The van der Waals surface area contributed by atoms with Crippen molar-refractivity contribution in [3.63, 3.8) is 0 Å². The van der Waals surface area contributed by atoms with Gasteiger partial charge in [-0.05, 0) is 58.1 Å². The highest BCUT2D eigenvalue weighted by atomic mass is 15.2. The van der Waals surface area contributed by atoms with Gasteiger partial charge in [-0.25, -0.2) is 4.98 Å². The summed E-state index contributed by atoms with van der Waals surface area (Å²) in [6, 6.07) is 4.66. The number of fused-ring (bicyclic) bond motifs is 1. The molecule has 2 rings (SSSR count).